The predicted molar refractivity (Wildman–Crippen MR) is 384 cm³/mol. The van der Waals surface area contributed by atoms with Gasteiger partial charge in [0, 0.05) is 71.9 Å². The summed E-state index contributed by atoms with van der Waals surface area (Å²) >= 11 is 0. The summed E-state index contributed by atoms with van der Waals surface area (Å²) in [6.45, 7) is 27.8. The van der Waals surface area contributed by atoms with E-state index in [0.717, 1.165) is 95.1 Å². The van der Waals surface area contributed by atoms with Gasteiger partial charge in [-0.1, -0.05) is 168 Å². The Morgan fingerprint density at radius 3 is 0.835 bits per heavy atom. The second kappa shape index (κ2) is 20.1. The first-order valence-corrected chi connectivity index (χ1v) is 32.1. The molecule has 446 valence electrons. The lowest BCUT2D eigenvalue weighted by molar-refractivity contribution is 0.590. The lowest BCUT2D eigenvalue weighted by Crippen LogP contribution is -2.10. The predicted octanol–water partition coefficient (Wildman–Crippen LogP) is 22.2. The summed E-state index contributed by atoms with van der Waals surface area (Å²) in [6, 6.07) is 88.1. The highest BCUT2D eigenvalue weighted by Gasteiger charge is 2.27. The average Bonchev–Trinajstić information content (AvgIpc) is 1.58. The topological polar surface area (TPSA) is 50.4 Å². The highest BCUT2D eigenvalue weighted by molar-refractivity contribution is 6.15. The van der Waals surface area contributed by atoms with E-state index < -0.39 is 0 Å². The van der Waals surface area contributed by atoms with Crippen molar-refractivity contribution in [3.63, 3.8) is 0 Å². The quantitative estimate of drug-likeness (QED) is 0.160. The van der Waals surface area contributed by atoms with Crippen LogP contribution in [0.4, 0.5) is 0 Å². The second-order valence-electron chi connectivity index (χ2n) is 29.3. The maximum Gasteiger partial charge on any atom is 0.145 e. The van der Waals surface area contributed by atoms with Crippen molar-refractivity contribution in [3.8, 4) is 51.2 Å². The van der Waals surface area contributed by atoms with E-state index in [1.807, 2.05) is 0 Å². The molecule has 5 aromatic heterocycles. The number of hydrogen-bond donors (Lipinski definition) is 0. The molecule has 0 aliphatic heterocycles. The Morgan fingerprint density at radius 2 is 0.505 bits per heavy atom. The third-order valence-electron chi connectivity index (χ3n) is 19.1. The number of fused-ring (bicyclic) bond motifs is 11. The van der Waals surface area contributed by atoms with Crippen molar-refractivity contribution in [2.24, 2.45) is 0 Å². The van der Waals surface area contributed by atoms with E-state index in [1.54, 1.807) is 0 Å². The maximum atomic E-state index is 5.54. The molecule has 16 rings (SSSR count). The number of para-hydroxylation sites is 6. The van der Waals surface area contributed by atoms with Crippen LogP contribution in [0.1, 0.15) is 105 Å². The molecule has 16 aromatic rings. The standard InChI is InChI=1S/C84H75N7/c1-81(2,3)54-31-37-71-63(46-54)64-47-55(82(4,5)6)32-38-72(64)87(71)60-35-41-75-67(50-60)68-51-61(88-73-39-33-56(83(7,8)9)48-65(73)66-49-57(84(10,11)12)34-40-74(66)88)36-42-76(68)89(75)62-44-52(79-85-69-27-19-21-29-77(69)90(79)58-23-15-13-16-24-58)43-53(45-62)80-86-70-28-20-22-30-78(70)91(80)59-25-17-14-18-26-59/h13-51H,1-12H3. The Bertz CT molecular complexity index is 5130. The highest BCUT2D eigenvalue weighted by Crippen LogP contribution is 2.45. The molecule has 0 bridgehead atoms. The molecule has 0 aliphatic rings. The van der Waals surface area contributed by atoms with Crippen LogP contribution >= 0.6 is 0 Å². The molecule has 0 spiro atoms. The largest absolute Gasteiger partial charge is 0.309 e. The molecule has 7 nitrogen and oxygen atoms in total. The number of nitrogens with zero attached hydrogens (tertiary/aromatic N) is 7. The summed E-state index contributed by atoms with van der Waals surface area (Å²) in [5.74, 6) is 1.68. The molecule has 0 aliphatic carbocycles. The summed E-state index contributed by atoms with van der Waals surface area (Å²) in [5.41, 5.74) is 23.2. The van der Waals surface area contributed by atoms with Crippen molar-refractivity contribution < 1.29 is 0 Å². The van der Waals surface area contributed by atoms with Crippen molar-refractivity contribution in [2.75, 3.05) is 0 Å². The first kappa shape index (κ1) is 56.0. The zero-order valence-corrected chi connectivity index (χ0v) is 54.1. The molecular formula is C84H75N7. The van der Waals surface area contributed by atoms with Crippen LogP contribution in [0, 0.1) is 0 Å². The fourth-order valence-electron chi connectivity index (χ4n) is 14.1. The summed E-state index contributed by atoms with van der Waals surface area (Å²) < 4.78 is 12.1. The van der Waals surface area contributed by atoms with Crippen molar-refractivity contribution in [2.45, 2.75) is 105 Å². The molecule has 0 atom stereocenters. The van der Waals surface area contributed by atoms with E-state index in [9.17, 15) is 0 Å². The number of imidazole rings is 2. The number of benzene rings is 11. The van der Waals surface area contributed by atoms with Gasteiger partial charge in [0.2, 0.25) is 0 Å². The van der Waals surface area contributed by atoms with Gasteiger partial charge in [-0.25, -0.2) is 9.97 Å². The van der Waals surface area contributed by atoms with Crippen LogP contribution in [0.2, 0.25) is 0 Å². The molecular weight excluding hydrogens is 1110 g/mol. The van der Waals surface area contributed by atoms with E-state index in [0.29, 0.717) is 0 Å². The SMILES string of the molecule is CC(C)(C)c1ccc2c(c1)c1cc(C(C)(C)C)ccc1n2-c1ccc2c(c1)c1cc(-n3c4ccc(C(C)(C)C)cc4c4cc(C(C)(C)C)ccc43)ccc1n2-c1cc(-c2nc3ccccc3n2-c2ccccc2)cc(-c2nc3ccccc3n2-c2ccccc2)c1. The van der Waals surface area contributed by atoms with Crippen LogP contribution in [0.15, 0.2) is 237 Å². The minimum absolute atomic E-state index is 0.0254. The van der Waals surface area contributed by atoms with Crippen LogP contribution in [0.25, 0.3) is 139 Å². The first-order valence-electron chi connectivity index (χ1n) is 32.1. The molecule has 0 saturated heterocycles. The van der Waals surface area contributed by atoms with Gasteiger partial charge in [0.25, 0.3) is 0 Å². The third-order valence-corrected chi connectivity index (χ3v) is 19.1. The van der Waals surface area contributed by atoms with Gasteiger partial charge in [-0.15, -0.1) is 0 Å². The van der Waals surface area contributed by atoms with E-state index >= 15 is 0 Å². The number of hydrogen-bond acceptors (Lipinski definition) is 2. The molecule has 0 saturated carbocycles. The summed E-state index contributed by atoms with van der Waals surface area (Å²) in [7, 11) is 0. The second-order valence-corrected chi connectivity index (χ2v) is 29.3. The van der Waals surface area contributed by atoms with Crippen molar-refractivity contribution in [1.29, 1.82) is 0 Å². The van der Waals surface area contributed by atoms with Crippen molar-refractivity contribution >= 4 is 87.5 Å². The zero-order chi connectivity index (χ0) is 62.6. The average molecular weight is 1180 g/mol. The van der Waals surface area contributed by atoms with Gasteiger partial charge in [-0.05, 0) is 196 Å². The fourth-order valence-corrected chi connectivity index (χ4v) is 14.1. The molecule has 7 heteroatoms. The van der Waals surface area contributed by atoms with Crippen molar-refractivity contribution in [3.05, 3.63) is 259 Å². The summed E-state index contributed by atoms with van der Waals surface area (Å²) in [5, 5.41) is 7.35. The molecule has 0 radical (unpaired) electrons. The third kappa shape index (κ3) is 9.14. The number of rotatable bonds is 7. The number of aromatic nitrogens is 7. The normalized spacial score (nSPS) is 12.8. The highest BCUT2D eigenvalue weighted by atomic mass is 15.1. The fraction of sp³-hybridized carbons (Fsp3) is 0.190. The van der Waals surface area contributed by atoms with Gasteiger partial charge >= 0.3 is 0 Å². The first-order chi connectivity index (χ1) is 43.6. The molecule has 0 N–H and O–H groups in total. The van der Waals surface area contributed by atoms with Gasteiger partial charge < -0.3 is 13.7 Å². The van der Waals surface area contributed by atoms with Crippen molar-refractivity contribution in [1.82, 2.24) is 32.8 Å². The van der Waals surface area contributed by atoms with E-state index in [-0.39, 0.29) is 21.7 Å². The minimum Gasteiger partial charge on any atom is -0.309 e. The molecule has 11 aromatic carbocycles. The molecule has 5 heterocycles. The van der Waals surface area contributed by atoms with Crippen LogP contribution < -0.4 is 0 Å². The molecule has 0 amide bonds. The van der Waals surface area contributed by atoms with Crippen LogP contribution in [0.5, 0.6) is 0 Å². The monoisotopic (exact) mass is 1180 g/mol. The molecule has 0 unspecified atom stereocenters. The van der Waals surface area contributed by atoms with Gasteiger partial charge in [0.05, 0.1) is 55.2 Å². The molecule has 0 fully saturated rings. The van der Waals surface area contributed by atoms with Crippen LogP contribution in [-0.2, 0) is 21.7 Å². The Labute approximate surface area is 532 Å². The lowest BCUT2D eigenvalue weighted by Gasteiger charge is -2.19. The Hall–Kier alpha value is -10.2. The van der Waals surface area contributed by atoms with Gasteiger partial charge in [0.15, 0.2) is 0 Å². The Morgan fingerprint density at radius 1 is 0.220 bits per heavy atom. The lowest BCUT2D eigenvalue weighted by atomic mass is 9.85. The zero-order valence-electron chi connectivity index (χ0n) is 54.1. The van der Waals surface area contributed by atoms with Crippen LogP contribution in [0.3, 0.4) is 0 Å². The van der Waals surface area contributed by atoms with Crippen LogP contribution in [-0.4, -0.2) is 32.8 Å². The summed E-state index contributed by atoms with van der Waals surface area (Å²) in [4.78, 5) is 11.1. The smallest absolute Gasteiger partial charge is 0.145 e. The van der Waals surface area contributed by atoms with Gasteiger partial charge in [-0.3, -0.25) is 9.13 Å². The van der Waals surface area contributed by atoms with E-state index in [4.69, 9.17) is 9.97 Å². The van der Waals surface area contributed by atoms with E-state index in [1.165, 1.54) is 65.9 Å². The van der Waals surface area contributed by atoms with Gasteiger partial charge in [-0.2, -0.15) is 0 Å². The molecule has 91 heavy (non-hydrogen) atoms. The minimum atomic E-state index is -0.0254. The Kier molecular flexibility index (Phi) is 12.4. The Balaban J connectivity index is 1.02. The van der Waals surface area contributed by atoms with Gasteiger partial charge in [0.1, 0.15) is 11.6 Å². The summed E-state index contributed by atoms with van der Waals surface area (Å²) in [6.07, 6.45) is 0. The van der Waals surface area contributed by atoms with E-state index in [2.05, 4.69) is 343 Å². The maximum absolute atomic E-state index is 5.54.